The van der Waals surface area contributed by atoms with Crippen molar-refractivity contribution in [3.05, 3.63) is 72.9 Å². The SMILES string of the molecule is CC/C=C\C/C=C\C/C=C\C/C=C\C/C=C\CCCCCCCCCC(=O)OC(CO)COC(=O)CCCCCCCCCCCCCCCCC/C=C\CCCCCCCCCC. The highest BCUT2D eigenvalue weighted by Crippen LogP contribution is 2.16. The number of unbranched alkanes of at least 4 members (excludes halogenated alkanes) is 30. The molecule has 0 saturated carbocycles. The lowest BCUT2D eigenvalue weighted by Gasteiger charge is -2.15. The van der Waals surface area contributed by atoms with E-state index in [-0.39, 0.29) is 25.2 Å². The lowest BCUT2D eigenvalue weighted by atomic mass is 10.0. The van der Waals surface area contributed by atoms with Gasteiger partial charge in [-0.05, 0) is 83.5 Å². The maximum absolute atomic E-state index is 12.3. The predicted octanol–water partition coefficient (Wildman–Crippen LogP) is 18.4. The number of allylic oxidation sites excluding steroid dienone is 12. The molecule has 0 aromatic carbocycles. The Hall–Kier alpha value is -2.66. The Morgan fingerprint density at radius 1 is 0.375 bits per heavy atom. The molecule has 370 valence electrons. The van der Waals surface area contributed by atoms with E-state index in [0.717, 1.165) is 77.0 Å². The molecule has 0 aliphatic rings. The summed E-state index contributed by atoms with van der Waals surface area (Å²) >= 11 is 0. The van der Waals surface area contributed by atoms with E-state index in [1.165, 1.54) is 167 Å². The van der Waals surface area contributed by atoms with Crippen molar-refractivity contribution in [2.45, 2.75) is 277 Å². The number of hydrogen-bond donors (Lipinski definition) is 1. The van der Waals surface area contributed by atoms with Gasteiger partial charge in [0.15, 0.2) is 6.10 Å². The van der Waals surface area contributed by atoms with Gasteiger partial charge >= 0.3 is 11.9 Å². The van der Waals surface area contributed by atoms with Crippen LogP contribution in [-0.2, 0) is 19.1 Å². The van der Waals surface area contributed by atoms with Gasteiger partial charge in [-0.2, -0.15) is 0 Å². The third-order valence-corrected chi connectivity index (χ3v) is 12.0. The lowest BCUT2D eigenvalue weighted by molar-refractivity contribution is -0.161. The number of esters is 2. The molecule has 0 heterocycles. The molecule has 0 aromatic heterocycles. The molecule has 1 unspecified atom stereocenters. The van der Waals surface area contributed by atoms with E-state index in [1.807, 2.05) is 0 Å². The highest BCUT2D eigenvalue weighted by molar-refractivity contribution is 5.70. The van der Waals surface area contributed by atoms with Gasteiger partial charge in [0.1, 0.15) is 6.61 Å². The summed E-state index contributed by atoms with van der Waals surface area (Å²) < 4.78 is 10.7. The Labute approximate surface area is 397 Å². The molecule has 0 radical (unpaired) electrons. The van der Waals surface area contributed by atoms with Crippen molar-refractivity contribution in [3.63, 3.8) is 0 Å². The maximum atomic E-state index is 12.3. The second kappa shape index (κ2) is 54.7. The Balaban J connectivity index is 3.50. The van der Waals surface area contributed by atoms with Crippen LogP contribution < -0.4 is 0 Å². The van der Waals surface area contributed by atoms with E-state index >= 15 is 0 Å². The molecule has 1 N–H and O–H groups in total. The van der Waals surface area contributed by atoms with Crippen LogP contribution in [0.15, 0.2) is 72.9 Å². The van der Waals surface area contributed by atoms with Gasteiger partial charge in [0.05, 0.1) is 6.61 Å². The summed E-state index contributed by atoms with van der Waals surface area (Å²) in [6, 6.07) is 0. The summed E-state index contributed by atoms with van der Waals surface area (Å²) in [6.07, 6.45) is 74.4. The Bertz CT molecular complexity index is 1150. The minimum Gasteiger partial charge on any atom is -0.462 e. The first-order valence-electron chi connectivity index (χ1n) is 27.5. The fourth-order valence-electron chi connectivity index (χ4n) is 7.87. The summed E-state index contributed by atoms with van der Waals surface area (Å²) in [7, 11) is 0. The second-order valence-corrected chi connectivity index (χ2v) is 18.3. The van der Waals surface area contributed by atoms with Crippen LogP contribution in [0.4, 0.5) is 0 Å². The van der Waals surface area contributed by atoms with Gasteiger partial charge in [-0.1, -0.05) is 247 Å². The minimum absolute atomic E-state index is 0.0714. The van der Waals surface area contributed by atoms with Gasteiger partial charge in [-0.15, -0.1) is 0 Å². The molecule has 0 amide bonds. The average Bonchev–Trinajstić information content (AvgIpc) is 3.30. The number of ether oxygens (including phenoxy) is 2. The normalized spacial score (nSPS) is 12.7. The van der Waals surface area contributed by atoms with E-state index in [0.29, 0.717) is 12.8 Å². The van der Waals surface area contributed by atoms with Crippen molar-refractivity contribution in [3.8, 4) is 0 Å². The fraction of sp³-hybridized carbons (Fsp3) is 0.763. The Morgan fingerprint density at radius 3 is 1.03 bits per heavy atom. The number of hydrogen-bond acceptors (Lipinski definition) is 5. The number of aliphatic hydroxyl groups is 1. The predicted molar refractivity (Wildman–Crippen MR) is 279 cm³/mol. The van der Waals surface area contributed by atoms with E-state index in [4.69, 9.17) is 9.47 Å². The van der Waals surface area contributed by atoms with Crippen molar-refractivity contribution in [2.24, 2.45) is 0 Å². The van der Waals surface area contributed by atoms with Gasteiger partial charge in [-0.25, -0.2) is 0 Å². The monoisotopic (exact) mass is 893 g/mol. The molecular weight excluding hydrogens is 789 g/mol. The van der Waals surface area contributed by atoms with E-state index < -0.39 is 6.10 Å². The van der Waals surface area contributed by atoms with Crippen LogP contribution in [0, 0.1) is 0 Å². The van der Waals surface area contributed by atoms with Crippen molar-refractivity contribution in [2.75, 3.05) is 13.2 Å². The molecule has 0 aromatic rings. The molecule has 64 heavy (non-hydrogen) atoms. The van der Waals surface area contributed by atoms with E-state index in [9.17, 15) is 14.7 Å². The first-order valence-corrected chi connectivity index (χ1v) is 27.5. The number of carbonyl (C=O) groups is 2. The molecule has 0 aliphatic carbocycles. The molecule has 0 rings (SSSR count). The average molecular weight is 893 g/mol. The summed E-state index contributed by atoms with van der Waals surface area (Å²) in [6.45, 7) is 4.04. The summed E-state index contributed by atoms with van der Waals surface area (Å²) in [5.74, 6) is -0.597. The van der Waals surface area contributed by atoms with Crippen LogP contribution in [0.3, 0.4) is 0 Å². The topological polar surface area (TPSA) is 72.8 Å². The fourth-order valence-corrected chi connectivity index (χ4v) is 7.87. The van der Waals surface area contributed by atoms with Gasteiger partial charge in [0.2, 0.25) is 0 Å². The zero-order valence-corrected chi connectivity index (χ0v) is 42.3. The first kappa shape index (κ1) is 61.3. The molecule has 5 nitrogen and oxygen atoms in total. The third-order valence-electron chi connectivity index (χ3n) is 12.0. The maximum Gasteiger partial charge on any atom is 0.306 e. The third kappa shape index (κ3) is 52.0. The number of rotatable bonds is 50. The van der Waals surface area contributed by atoms with Crippen molar-refractivity contribution >= 4 is 11.9 Å². The summed E-state index contributed by atoms with van der Waals surface area (Å²) in [5.41, 5.74) is 0. The van der Waals surface area contributed by atoms with E-state index in [1.54, 1.807) is 0 Å². The van der Waals surface area contributed by atoms with E-state index in [2.05, 4.69) is 86.8 Å². The van der Waals surface area contributed by atoms with Gasteiger partial charge in [0.25, 0.3) is 0 Å². The summed E-state index contributed by atoms with van der Waals surface area (Å²) in [5, 5.41) is 9.64. The zero-order valence-electron chi connectivity index (χ0n) is 42.3. The number of aliphatic hydroxyl groups excluding tert-OH is 1. The molecule has 0 bridgehead atoms. The van der Waals surface area contributed by atoms with Crippen LogP contribution in [-0.4, -0.2) is 36.4 Å². The lowest BCUT2D eigenvalue weighted by Crippen LogP contribution is -2.28. The molecule has 0 aliphatic heterocycles. The smallest absolute Gasteiger partial charge is 0.306 e. The molecule has 0 fully saturated rings. The molecule has 1 atom stereocenters. The van der Waals surface area contributed by atoms with Gasteiger partial charge in [0, 0.05) is 12.8 Å². The second-order valence-electron chi connectivity index (χ2n) is 18.3. The summed E-state index contributed by atoms with van der Waals surface area (Å²) in [4.78, 5) is 24.5. The molecule has 0 spiro atoms. The molecule has 0 saturated heterocycles. The molecule has 5 heteroatoms. The van der Waals surface area contributed by atoms with Crippen LogP contribution in [0.5, 0.6) is 0 Å². The first-order chi connectivity index (χ1) is 31.6. The van der Waals surface area contributed by atoms with Crippen LogP contribution in [0.25, 0.3) is 0 Å². The van der Waals surface area contributed by atoms with Crippen LogP contribution >= 0.6 is 0 Å². The largest absolute Gasteiger partial charge is 0.462 e. The standard InChI is InChI=1S/C59H104O5/c1-3-5-7-9-11-13-15-17-19-21-23-25-27-28-29-30-32-33-35-37-39-41-43-45-47-49-51-53-58(61)63-56-57(55-60)64-59(62)54-52-50-48-46-44-42-40-38-36-34-31-26-24-22-20-18-16-14-12-10-8-6-4-2/h6,8,12,14,18,20-21,23-24,26,34,36,57,60H,3-5,7,9-11,13,15-17,19,22,25,27-33,35,37-56H2,1-2H3/b8-6-,14-12-,20-18-,23-21-,26-24-,36-34-. The van der Waals surface area contributed by atoms with Crippen LogP contribution in [0.1, 0.15) is 271 Å². The molecular formula is C59H104O5. The van der Waals surface area contributed by atoms with Crippen molar-refractivity contribution in [1.29, 1.82) is 0 Å². The quantitative estimate of drug-likeness (QED) is 0.0374. The van der Waals surface area contributed by atoms with Crippen molar-refractivity contribution < 1.29 is 24.2 Å². The van der Waals surface area contributed by atoms with Crippen LogP contribution in [0.2, 0.25) is 0 Å². The minimum atomic E-state index is -0.781. The Morgan fingerprint density at radius 2 is 0.672 bits per heavy atom. The Kier molecular flexibility index (Phi) is 52.4. The van der Waals surface area contributed by atoms with Gasteiger partial charge in [-0.3, -0.25) is 9.59 Å². The highest BCUT2D eigenvalue weighted by Gasteiger charge is 2.16. The zero-order chi connectivity index (χ0) is 46.3. The highest BCUT2D eigenvalue weighted by atomic mass is 16.6. The number of carbonyl (C=O) groups excluding carboxylic acids is 2. The van der Waals surface area contributed by atoms with Gasteiger partial charge < -0.3 is 14.6 Å². The van der Waals surface area contributed by atoms with Crippen molar-refractivity contribution in [1.82, 2.24) is 0 Å².